The van der Waals surface area contributed by atoms with E-state index in [1.165, 1.54) is 44.5 Å². The normalized spacial score (nSPS) is 18.1. The first-order chi connectivity index (χ1) is 27.1. The molecule has 2 atom stereocenters. The number of anilines is 3. The molecule has 0 bridgehead atoms. The fourth-order valence-corrected chi connectivity index (χ4v) is 9.08. The molecule has 5 heteroatoms. The average molecular weight is 751 g/mol. The molecule has 0 unspecified atom stereocenters. The molecular weight excluding hydrogens is 697 g/mol. The molecule has 0 saturated heterocycles. The molecule has 0 N–H and O–H groups in total. The quantitative estimate of drug-likeness (QED) is 0.176. The van der Waals surface area contributed by atoms with E-state index in [2.05, 4.69) is 194 Å². The number of aryl methyl sites for hydroxylation is 2. The van der Waals surface area contributed by atoms with Crippen molar-refractivity contribution in [3.63, 3.8) is 0 Å². The third-order valence-corrected chi connectivity index (χ3v) is 12.4. The van der Waals surface area contributed by atoms with Gasteiger partial charge in [-0.05, 0) is 112 Å². The first-order valence-corrected chi connectivity index (χ1v) is 20.4. The molecule has 0 spiro atoms. The summed E-state index contributed by atoms with van der Waals surface area (Å²) in [6.45, 7) is 23.5. The van der Waals surface area contributed by atoms with Crippen LogP contribution in [-0.4, -0.2) is 15.7 Å². The summed E-state index contributed by atoms with van der Waals surface area (Å²) in [4.78, 5) is 15.4. The fraction of sp³-hybridized carbons (Fsp3) is 0.308. The molecule has 5 aromatic carbocycles. The maximum Gasteiger partial charge on any atom is 0.137 e. The minimum atomic E-state index is -0.239. The fourth-order valence-electron chi connectivity index (χ4n) is 9.08. The molecule has 9 rings (SSSR count). The van der Waals surface area contributed by atoms with Crippen LogP contribution in [-0.2, 0) is 22.8 Å². The number of rotatable bonds is 5. The molecule has 0 fully saturated rings. The minimum Gasteiger partial charge on any atom is -0.457 e. The van der Waals surface area contributed by atoms with Gasteiger partial charge in [-0.2, -0.15) is 0 Å². The van der Waals surface area contributed by atoms with Gasteiger partial charge in [0.15, 0.2) is 0 Å². The van der Waals surface area contributed by atoms with Crippen LogP contribution in [0.25, 0.3) is 0 Å². The second-order valence-corrected chi connectivity index (χ2v) is 18.9. The predicted molar refractivity (Wildman–Crippen MR) is 235 cm³/mol. The smallest absolute Gasteiger partial charge is 0.137 e. The second-order valence-electron chi connectivity index (χ2n) is 18.9. The van der Waals surface area contributed by atoms with E-state index in [9.17, 15) is 0 Å². The van der Waals surface area contributed by atoms with Crippen molar-refractivity contribution in [1.29, 1.82) is 0 Å². The number of pyridine rings is 1. The Labute approximate surface area is 339 Å². The first kappa shape index (κ1) is 36.9. The van der Waals surface area contributed by atoms with E-state index in [4.69, 9.17) is 14.7 Å². The zero-order valence-corrected chi connectivity index (χ0v) is 35.1. The molecule has 0 radical (unpaired) electrons. The largest absolute Gasteiger partial charge is 0.457 e. The summed E-state index contributed by atoms with van der Waals surface area (Å²) in [7, 11) is 0. The number of hydrogen-bond donors (Lipinski definition) is 0. The Hall–Kier alpha value is -5.68. The lowest BCUT2D eigenvalue weighted by Crippen LogP contribution is -2.31. The predicted octanol–water partition coefficient (Wildman–Crippen LogP) is 13.3. The highest BCUT2D eigenvalue weighted by Gasteiger charge is 2.44. The van der Waals surface area contributed by atoms with Crippen molar-refractivity contribution in [3.05, 3.63) is 177 Å². The highest BCUT2D eigenvalue weighted by atomic mass is 16.5. The van der Waals surface area contributed by atoms with E-state index in [-0.39, 0.29) is 28.3 Å². The van der Waals surface area contributed by atoms with Crippen LogP contribution in [0, 0.1) is 13.8 Å². The van der Waals surface area contributed by atoms with E-state index >= 15 is 0 Å². The Bertz CT molecular complexity index is 2570. The molecule has 5 nitrogen and oxygen atoms in total. The number of nitrogens with zero attached hydrogens (tertiary/aromatic N) is 4. The molecular formula is C52H54N4O. The molecule has 3 aliphatic rings. The Kier molecular flexibility index (Phi) is 8.55. The maximum atomic E-state index is 7.11. The molecule has 0 amide bonds. The zero-order chi connectivity index (χ0) is 40.0. The number of benzene rings is 5. The van der Waals surface area contributed by atoms with Gasteiger partial charge in [-0.3, -0.25) is 9.89 Å². The van der Waals surface area contributed by atoms with Crippen molar-refractivity contribution in [1.82, 2.24) is 9.88 Å². The summed E-state index contributed by atoms with van der Waals surface area (Å²) < 4.78 is 7.11. The molecule has 57 heavy (non-hydrogen) atoms. The van der Waals surface area contributed by atoms with Crippen molar-refractivity contribution >= 4 is 23.0 Å². The second kappa shape index (κ2) is 13.2. The van der Waals surface area contributed by atoms with E-state index in [1.54, 1.807) is 0 Å². The molecule has 0 saturated carbocycles. The summed E-state index contributed by atoms with van der Waals surface area (Å²) in [5.74, 6) is 3.57. The van der Waals surface area contributed by atoms with Gasteiger partial charge in [-0.1, -0.05) is 128 Å². The first-order valence-electron chi connectivity index (χ1n) is 20.4. The van der Waals surface area contributed by atoms with E-state index < -0.39 is 0 Å². The summed E-state index contributed by atoms with van der Waals surface area (Å²) in [5, 5.41) is 0. The average Bonchev–Trinajstić information content (AvgIpc) is 3.74. The monoisotopic (exact) mass is 750 g/mol. The van der Waals surface area contributed by atoms with Crippen molar-refractivity contribution in [2.45, 2.75) is 104 Å². The van der Waals surface area contributed by atoms with Crippen LogP contribution in [0.4, 0.5) is 17.2 Å². The maximum absolute atomic E-state index is 7.11. The van der Waals surface area contributed by atoms with Gasteiger partial charge < -0.3 is 9.64 Å². The minimum absolute atomic E-state index is 0.00167. The van der Waals surface area contributed by atoms with Gasteiger partial charge in [0, 0.05) is 29.8 Å². The van der Waals surface area contributed by atoms with Gasteiger partial charge in [-0.15, -0.1) is 0 Å². The Balaban J connectivity index is 1.17. The number of hydrogen-bond acceptors (Lipinski definition) is 5. The summed E-state index contributed by atoms with van der Waals surface area (Å²) in [5.41, 5.74) is 14.3. The van der Waals surface area contributed by atoms with Crippen molar-refractivity contribution in [2.24, 2.45) is 4.99 Å². The number of aromatic nitrogens is 1. The molecule has 4 heterocycles. The van der Waals surface area contributed by atoms with Crippen LogP contribution in [0.1, 0.15) is 123 Å². The van der Waals surface area contributed by atoms with Gasteiger partial charge in [0.25, 0.3) is 0 Å². The van der Waals surface area contributed by atoms with Crippen molar-refractivity contribution in [3.8, 4) is 11.5 Å². The molecule has 288 valence electrons. The van der Waals surface area contributed by atoms with Gasteiger partial charge >= 0.3 is 0 Å². The van der Waals surface area contributed by atoms with Crippen LogP contribution in [0.2, 0.25) is 0 Å². The summed E-state index contributed by atoms with van der Waals surface area (Å²) in [6.07, 6.45) is 1.95. The van der Waals surface area contributed by atoms with Gasteiger partial charge in [-0.25, -0.2) is 4.98 Å². The Morgan fingerprint density at radius 1 is 0.702 bits per heavy atom. The summed E-state index contributed by atoms with van der Waals surface area (Å²) >= 11 is 0. The third-order valence-electron chi connectivity index (χ3n) is 12.4. The highest BCUT2D eigenvalue weighted by Crippen LogP contribution is 2.54. The van der Waals surface area contributed by atoms with E-state index in [0.29, 0.717) is 0 Å². The van der Waals surface area contributed by atoms with E-state index in [0.717, 1.165) is 52.2 Å². The molecule has 6 aromatic rings. The van der Waals surface area contributed by atoms with Crippen molar-refractivity contribution in [2.75, 3.05) is 4.90 Å². The van der Waals surface area contributed by atoms with Gasteiger partial charge in [0.1, 0.15) is 29.2 Å². The van der Waals surface area contributed by atoms with Crippen LogP contribution in [0.15, 0.2) is 126 Å². The van der Waals surface area contributed by atoms with Crippen LogP contribution < -0.4 is 9.64 Å². The summed E-state index contributed by atoms with van der Waals surface area (Å²) in [6, 6.07) is 42.3. The zero-order valence-electron chi connectivity index (χ0n) is 35.1. The van der Waals surface area contributed by atoms with Crippen molar-refractivity contribution < 1.29 is 4.74 Å². The highest BCUT2D eigenvalue weighted by molar-refractivity contribution is 6.01. The standard InChI is InChI=1S/C52H54N4O/c1-32-20-21-43-41(24-32)52(9,10)42-25-33(2)45(30-44(42)56(43)46-29-37(22-23-53-46)50(3,4)5)57-39-27-36(26-38(28-39)51(6,7)8)49-54-47(34-16-12-11-13-17-34)48-40-19-15-14-18-35(40)31-55(48)49/h11-30,47-48H,31H2,1-10H3/t47-,48+/m1/s1. The Morgan fingerprint density at radius 3 is 2.18 bits per heavy atom. The Morgan fingerprint density at radius 2 is 1.42 bits per heavy atom. The number of fused-ring (bicyclic) bond motifs is 5. The molecule has 3 aliphatic heterocycles. The van der Waals surface area contributed by atoms with Gasteiger partial charge in [0.05, 0.1) is 17.4 Å². The van der Waals surface area contributed by atoms with Gasteiger partial charge in [0.2, 0.25) is 0 Å². The number of amidine groups is 1. The lowest BCUT2D eigenvalue weighted by Gasteiger charge is -2.42. The van der Waals surface area contributed by atoms with Crippen LogP contribution in [0.5, 0.6) is 11.5 Å². The topological polar surface area (TPSA) is 41.0 Å². The molecule has 1 aromatic heterocycles. The number of aliphatic imine (C=N–C) groups is 1. The van der Waals surface area contributed by atoms with E-state index in [1.807, 2.05) is 6.20 Å². The van der Waals surface area contributed by atoms with Crippen LogP contribution >= 0.6 is 0 Å². The third kappa shape index (κ3) is 6.32. The lowest BCUT2D eigenvalue weighted by atomic mass is 9.72. The lowest BCUT2D eigenvalue weighted by molar-refractivity contribution is 0.341. The van der Waals surface area contributed by atoms with Crippen LogP contribution in [0.3, 0.4) is 0 Å². The number of ether oxygens (including phenoxy) is 1. The SMILES string of the molecule is Cc1ccc2c(c1)C(C)(C)c1cc(C)c(Oc3cc(C4=N[C@H](c5ccccc5)[C@@H]5c6ccccc6CN45)cc(C(C)(C)C)c3)cc1N2c1cc(C(C)(C)C)ccn1. The molecule has 0 aliphatic carbocycles.